The number of aromatic nitrogens is 2. The van der Waals surface area contributed by atoms with Gasteiger partial charge in [-0.25, -0.2) is 9.37 Å². The normalized spacial score (nSPS) is 16.6. The first-order valence-corrected chi connectivity index (χ1v) is 16.8. The predicted octanol–water partition coefficient (Wildman–Crippen LogP) is 7.24. The second-order valence-electron chi connectivity index (χ2n) is 11.8. The van der Waals surface area contributed by atoms with Crippen LogP contribution in [0.3, 0.4) is 0 Å². The average Bonchev–Trinajstić information content (AvgIpc) is 3.51. The number of ether oxygens (including phenoxy) is 2. The Morgan fingerprint density at radius 2 is 1.76 bits per heavy atom. The van der Waals surface area contributed by atoms with E-state index in [4.69, 9.17) is 32.7 Å². The number of carbonyl (C=O) groups is 1. The number of carbonyl (C=O) groups excluding carboxylic acids is 1. The number of nitrogens with zero attached hydrogens (tertiary/aromatic N) is 2. The standard InChI is InChI=1S/C35H35Cl2F3N6O3/c36-30-25(2-1-3-27(30)46-34-32(38)22(8-12-43-34)18-44-23-10-14-48-15-11-23)26-9-13-42-33(31(26)37)20-4-5-21(28(16-20)49-35(39)40)17-41-19-24-6-7-29(47)45-24/h1-5,8-9,12-13,16,23-24,35,41,44H,6-7,10-11,14-15,17-19H2,(H,43,46)(H,45,47). The third-order valence-electron chi connectivity index (χ3n) is 8.55. The van der Waals surface area contributed by atoms with E-state index < -0.39 is 12.4 Å². The number of halogens is 5. The van der Waals surface area contributed by atoms with Gasteiger partial charge in [-0.3, -0.25) is 9.78 Å². The van der Waals surface area contributed by atoms with Crippen molar-refractivity contribution in [3.05, 3.63) is 87.9 Å². The zero-order valence-electron chi connectivity index (χ0n) is 26.4. The summed E-state index contributed by atoms with van der Waals surface area (Å²) in [6, 6.07) is 13.7. The number of nitrogens with one attached hydrogen (secondary N) is 4. The molecule has 0 bridgehead atoms. The van der Waals surface area contributed by atoms with Crippen LogP contribution in [0.4, 0.5) is 24.7 Å². The van der Waals surface area contributed by atoms with E-state index in [1.54, 1.807) is 54.9 Å². The van der Waals surface area contributed by atoms with Crippen molar-refractivity contribution < 1.29 is 27.4 Å². The lowest BCUT2D eigenvalue weighted by atomic mass is 10.0. The first kappa shape index (κ1) is 34.9. The smallest absolute Gasteiger partial charge is 0.387 e. The third-order valence-corrected chi connectivity index (χ3v) is 9.34. The van der Waals surface area contributed by atoms with Gasteiger partial charge in [0.25, 0.3) is 0 Å². The van der Waals surface area contributed by atoms with E-state index in [0.717, 1.165) is 12.8 Å². The number of alkyl halides is 2. The number of rotatable bonds is 13. The highest BCUT2D eigenvalue weighted by Gasteiger charge is 2.22. The zero-order chi connectivity index (χ0) is 34.3. The molecule has 4 aromatic rings. The molecular weight excluding hydrogens is 680 g/mol. The summed E-state index contributed by atoms with van der Waals surface area (Å²) in [5.41, 5.74) is 3.25. The van der Waals surface area contributed by atoms with Crippen molar-refractivity contribution in [1.82, 2.24) is 25.9 Å². The molecule has 2 aliphatic rings. The highest BCUT2D eigenvalue weighted by Crippen LogP contribution is 2.42. The Kier molecular flexibility index (Phi) is 11.5. The average molecular weight is 716 g/mol. The van der Waals surface area contributed by atoms with Gasteiger partial charge in [-0.1, -0.05) is 47.5 Å². The minimum absolute atomic E-state index is 0.000682. The number of anilines is 2. The Hall–Kier alpha value is -3.94. The van der Waals surface area contributed by atoms with Crippen LogP contribution in [-0.4, -0.2) is 54.3 Å². The van der Waals surface area contributed by atoms with Gasteiger partial charge in [0.2, 0.25) is 5.91 Å². The largest absolute Gasteiger partial charge is 0.434 e. The molecule has 2 fully saturated rings. The van der Waals surface area contributed by atoms with Crippen molar-refractivity contribution in [3.63, 3.8) is 0 Å². The number of amides is 1. The fraction of sp³-hybridized carbons (Fsp3) is 0.343. The minimum atomic E-state index is -3.05. The molecule has 9 nitrogen and oxygen atoms in total. The monoisotopic (exact) mass is 714 g/mol. The van der Waals surface area contributed by atoms with Gasteiger partial charge < -0.3 is 30.7 Å². The van der Waals surface area contributed by atoms with Crippen molar-refractivity contribution >= 4 is 40.6 Å². The molecule has 49 heavy (non-hydrogen) atoms. The molecule has 1 amide bonds. The molecule has 0 aliphatic carbocycles. The molecule has 4 N–H and O–H groups in total. The predicted molar refractivity (Wildman–Crippen MR) is 183 cm³/mol. The maximum atomic E-state index is 15.5. The van der Waals surface area contributed by atoms with E-state index in [-0.39, 0.29) is 46.1 Å². The summed E-state index contributed by atoms with van der Waals surface area (Å²) < 4.78 is 52.6. The van der Waals surface area contributed by atoms with Crippen LogP contribution in [0.5, 0.6) is 5.75 Å². The molecule has 4 heterocycles. The Bertz CT molecular complexity index is 1790. The highest BCUT2D eigenvalue weighted by atomic mass is 35.5. The molecule has 0 saturated carbocycles. The second kappa shape index (κ2) is 16.2. The van der Waals surface area contributed by atoms with Gasteiger partial charge in [-0.2, -0.15) is 8.78 Å². The summed E-state index contributed by atoms with van der Waals surface area (Å²) >= 11 is 13.8. The maximum absolute atomic E-state index is 15.5. The highest BCUT2D eigenvalue weighted by molar-refractivity contribution is 6.39. The molecular formula is C35H35Cl2F3N6O3. The molecule has 2 saturated heterocycles. The molecule has 0 spiro atoms. The molecule has 2 aromatic carbocycles. The van der Waals surface area contributed by atoms with Crippen LogP contribution in [0.2, 0.25) is 10.0 Å². The fourth-order valence-electron chi connectivity index (χ4n) is 5.95. The Morgan fingerprint density at radius 1 is 0.959 bits per heavy atom. The number of hydrogen-bond donors (Lipinski definition) is 4. The van der Waals surface area contributed by atoms with Crippen LogP contribution >= 0.6 is 23.2 Å². The van der Waals surface area contributed by atoms with Gasteiger partial charge in [0.15, 0.2) is 11.6 Å². The molecule has 2 aliphatic heterocycles. The van der Waals surface area contributed by atoms with Crippen molar-refractivity contribution in [2.24, 2.45) is 0 Å². The van der Waals surface area contributed by atoms with Gasteiger partial charge >= 0.3 is 6.61 Å². The van der Waals surface area contributed by atoms with Crippen molar-refractivity contribution in [1.29, 1.82) is 0 Å². The lowest BCUT2D eigenvalue weighted by Gasteiger charge is -2.23. The van der Waals surface area contributed by atoms with Gasteiger partial charge in [-0.15, -0.1) is 0 Å². The van der Waals surface area contributed by atoms with Crippen molar-refractivity contribution in [2.75, 3.05) is 25.1 Å². The summed E-state index contributed by atoms with van der Waals surface area (Å²) in [5, 5.41) is 13.0. The summed E-state index contributed by atoms with van der Waals surface area (Å²) in [6.07, 6.45) is 6.01. The quantitative estimate of drug-likeness (QED) is 0.115. The molecule has 258 valence electrons. The van der Waals surface area contributed by atoms with Crippen LogP contribution in [0, 0.1) is 5.82 Å². The van der Waals surface area contributed by atoms with Crippen molar-refractivity contribution in [2.45, 2.75) is 57.5 Å². The van der Waals surface area contributed by atoms with Gasteiger partial charge in [-0.05, 0) is 43.5 Å². The Labute approximate surface area is 291 Å². The molecule has 6 rings (SSSR count). The van der Waals surface area contributed by atoms with Crippen molar-refractivity contribution in [3.8, 4) is 28.1 Å². The lowest BCUT2D eigenvalue weighted by molar-refractivity contribution is -0.119. The summed E-state index contributed by atoms with van der Waals surface area (Å²) in [6.45, 7) is -0.593. The summed E-state index contributed by atoms with van der Waals surface area (Å²) in [5.74, 6) is -0.485. The van der Waals surface area contributed by atoms with Gasteiger partial charge in [0, 0.05) is 91.6 Å². The van der Waals surface area contributed by atoms with Crippen LogP contribution in [0.25, 0.3) is 22.4 Å². The number of hydrogen-bond acceptors (Lipinski definition) is 8. The number of pyridine rings is 2. The number of benzene rings is 2. The Balaban J connectivity index is 1.21. The maximum Gasteiger partial charge on any atom is 0.387 e. The lowest BCUT2D eigenvalue weighted by Crippen LogP contribution is -2.35. The van der Waals surface area contributed by atoms with Gasteiger partial charge in [0.1, 0.15) is 5.75 Å². The fourth-order valence-corrected chi connectivity index (χ4v) is 6.54. The SMILES string of the molecule is O=C1CCC(CNCc2ccc(-c3nccc(-c4cccc(Nc5nccc(CNC6CCOCC6)c5F)c4Cl)c3Cl)cc2OC(F)F)N1. The first-order valence-electron chi connectivity index (χ1n) is 16.0. The Morgan fingerprint density at radius 3 is 2.53 bits per heavy atom. The second-order valence-corrected chi connectivity index (χ2v) is 12.6. The van der Waals surface area contributed by atoms with E-state index in [0.29, 0.717) is 78.3 Å². The molecule has 1 atom stereocenters. The third kappa shape index (κ3) is 8.63. The van der Waals surface area contributed by atoms with Gasteiger partial charge in [0.05, 0.1) is 21.4 Å². The zero-order valence-corrected chi connectivity index (χ0v) is 27.9. The molecule has 14 heteroatoms. The van der Waals surface area contributed by atoms with Crippen LogP contribution in [0.1, 0.15) is 36.8 Å². The van der Waals surface area contributed by atoms with E-state index in [1.807, 2.05) is 0 Å². The molecule has 1 unspecified atom stereocenters. The summed E-state index contributed by atoms with van der Waals surface area (Å²) in [7, 11) is 0. The van der Waals surface area contributed by atoms with E-state index in [1.165, 1.54) is 6.07 Å². The van der Waals surface area contributed by atoms with E-state index >= 15 is 4.39 Å². The van der Waals surface area contributed by atoms with Crippen LogP contribution in [-0.2, 0) is 22.6 Å². The molecule has 0 radical (unpaired) electrons. The first-order chi connectivity index (χ1) is 23.8. The van der Waals surface area contributed by atoms with E-state index in [9.17, 15) is 13.6 Å². The molecule has 2 aromatic heterocycles. The topological polar surface area (TPSA) is 109 Å². The van der Waals surface area contributed by atoms with Crippen LogP contribution in [0.15, 0.2) is 60.9 Å². The summed E-state index contributed by atoms with van der Waals surface area (Å²) in [4.78, 5) is 20.1. The van der Waals surface area contributed by atoms with Crippen LogP contribution < -0.4 is 26.0 Å². The van der Waals surface area contributed by atoms with E-state index in [2.05, 4.69) is 31.2 Å². The minimum Gasteiger partial charge on any atom is -0.434 e.